The number of halogens is 2. The zero-order chi connectivity index (χ0) is 11.7. The van der Waals surface area contributed by atoms with Gasteiger partial charge in [0.25, 0.3) is 0 Å². The number of carbonyl (C=O) groups excluding carboxylic acids is 1. The van der Waals surface area contributed by atoms with Gasteiger partial charge < -0.3 is 0 Å². The maximum Gasteiger partial charge on any atom is 0.135 e. The molecule has 0 saturated heterocycles. The monoisotopic (exact) mass is 240 g/mol. The molecule has 0 aromatic heterocycles. The molecule has 16 heavy (non-hydrogen) atoms. The summed E-state index contributed by atoms with van der Waals surface area (Å²) in [7, 11) is 0. The van der Waals surface area contributed by atoms with Crippen LogP contribution in [0.15, 0.2) is 18.2 Å². The van der Waals surface area contributed by atoms with E-state index in [2.05, 4.69) is 0 Å². The SMILES string of the molecule is CC1C(=O)CCC1Cc1cc(F)ccc1Cl. The molecule has 0 amide bonds. The highest BCUT2D eigenvalue weighted by atomic mass is 35.5. The summed E-state index contributed by atoms with van der Waals surface area (Å²) >= 11 is 6.01. The molecule has 0 heterocycles. The second kappa shape index (κ2) is 4.54. The van der Waals surface area contributed by atoms with Crippen molar-refractivity contribution in [1.82, 2.24) is 0 Å². The molecule has 0 bridgehead atoms. The molecule has 1 nitrogen and oxygen atoms in total. The van der Waals surface area contributed by atoms with Crippen LogP contribution in [-0.2, 0) is 11.2 Å². The average molecular weight is 241 g/mol. The van der Waals surface area contributed by atoms with E-state index in [0.717, 1.165) is 12.0 Å². The van der Waals surface area contributed by atoms with E-state index in [4.69, 9.17) is 11.6 Å². The second-order valence-corrected chi connectivity index (χ2v) is 4.90. The van der Waals surface area contributed by atoms with Gasteiger partial charge in [0.15, 0.2) is 0 Å². The van der Waals surface area contributed by atoms with E-state index in [-0.39, 0.29) is 11.7 Å². The molecule has 0 radical (unpaired) electrons. The Morgan fingerprint density at radius 2 is 2.25 bits per heavy atom. The fourth-order valence-electron chi connectivity index (χ4n) is 2.33. The Hall–Kier alpha value is -0.890. The summed E-state index contributed by atoms with van der Waals surface area (Å²) < 4.78 is 13.1. The molecule has 2 unspecified atom stereocenters. The fraction of sp³-hybridized carbons (Fsp3) is 0.462. The van der Waals surface area contributed by atoms with Crippen LogP contribution in [0.5, 0.6) is 0 Å². The van der Waals surface area contributed by atoms with Gasteiger partial charge in [0.2, 0.25) is 0 Å². The van der Waals surface area contributed by atoms with E-state index in [0.29, 0.717) is 29.6 Å². The molecule has 2 rings (SSSR count). The van der Waals surface area contributed by atoms with Gasteiger partial charge in [-0.2, -0.15) is 0 Å². The highest BCUT2D eigenvalue weighted by Crippen LogP contribution is 2.33. The fourth-order valence-corrected chi connectivity index (χ4v) is 2.52. The molecular formula is C13H14ClFO. The Morgan fingerprint density at radius 3 is 2.88 bits per heavy atom. The van der Waals surface area contributed by atoms with Crippen LogP contribution < -0.4 is 0 Å². The Labute approximate surface area is 99.6 Å². The first-order valence-corrected chi connectivity index (χ1v) is 5.92. The molecule has 1 aromatic carbocycles. The van der Waals surface area contributed by atoms with Gasteiger partial charge in [-0.05, 0) is 42.5 Å². The van der Waals surface area contributed by atoms with E-state index in [1.54, 1.807) is 6.07 Å². The number of rotatable bonds is 2. The lowest BCUT2D eigenvalue weighted by atomic mass is 9.90. The highest BCUT2D eigenvalue weighted by molar-refractivity contribution is 6.31. The van der Waals surface area contributed by atoms with Crippen LogP contribution in [0.2, 0.25) is 5.02 Å². The van der Waals surface area contributed by atoms with E-state index >= 15 is 0 Å². The number of Topliss-reactive ketones (excluding diaryl/α,β-unsaturated/α-hetero) is 1. The van der Waals surface area contributed by atoms with Gasteiger partial charge in [0, 0.05) is 17.4 Å². The third-order valence-corrected chi connectivity index (χ3v) is 3.84. The van der Waals surface area contributed by atoms with Gasteiger partial charge in [0.05, 0.1) is 0 Å². The molecule has 86 valence electrons. The van der Waals surface area contributed by atoms with Gasteiger partial charge in [-0.15, -0.1) is 0 Å². The Balaban J connectivity index is 2.15. The average Bonchev–Trinajstić information content (AvgIpc) is 2.55. The predicted molar refractivity (Wildman–Crippen MR) is 62.0 cm³/mol. The third kappa shape index (κ3) is 2.27. The molecule has 3 heteroatoms. The number of hydrogen-bond acceptors (Lipinski definition) is 1. The molecule has 1 fully saturated rings. The minimum absolute atomic E-state index is 0.0827. The second-order valence-electron chi connectivity index (χ2n) is 4.49. The van der Waals surface area contributed by atoms with E-state index in [1.165, 1.54) is 12.1 Å². The summed E-state index contributed by atoms with van der Waals surface area (Å²) in [6, 6.07) is 4.40. The summed E-state index contributed by atoms with van der Waals surface area (Å²) in [5.74, 6) is 0.444. The Morgan fingerprint density at radius 1 is 1.50 bits per heavy atom. The topological polar surface area (TPSA) is 17.1 Å². The molecule has 2 atom stereocenters. The van der Waals surface area contributed by atoms with Crippen molar-refractivity contribution in [2.24, 2.45) is 11.8 Å². The van der Waals surface area contributed by atoms with E-state index < -0.39 is 0 Å². The summed E-state index contributed by atoms with van der Waals surface area (Å²) in [5, 5.41) is 0.591. The van der Waals surface area contributed by atoms with Crippen LogP contribution in [0.25, 0.3) is 0 Å². The first-order chi connectivity index (χ1) is 7.58. The molecule has 1 aliphatic rings. The quantitative estimate of drug-likeness (QED) is 0.772. The van der Waals surface area contributed by atoms with Crippen molar-refractivity contribution < 1.29 is 9.18 Å². The number of benzene rings is 1. The van der Waals surface area contributed by atoms with Crippen molar-refractivity contribution in [3.05, 3.63) is 34.6 Å². The maximum atomic E-state index is 13.1. The molecule has 0 N–H and O–H groups in total. The predicted octanol–water partition coefficient (Wildman–Crippen LogP) is 3.64. The van der Waals surface area contributed by atoms with Crippen LogP contribution in [0, 0.1) is 17.7 Å². The van der Waals surface area contributed by atoms with E-state index in [1.807, 2.05) is 6.92 Å². The van der Waals surface area contributed by atoms with Crippen LogP contribution in [0.3, 0.4) is 0 Å². The van der Waals surface area contributed by atoms with Crippen LogP contribution in [-0.4, -0.2) is 5.78 Å². The minimum atomic E-state index is -0.267. The molecule has 0 spiro atoms. The largest absolute Gasteiger partial charge is 0.299 e. The smallest absolute Gasteiger partial charge is 0.135 e. The zero-order valence-electron chi connectivity index (χ0n) is 9.17. The molecule has 1 aliphatic carbocycles. The lowest BCUT2D eigenvalue weighted by Gasteiger charge is -2.14. The minimum Gasteiger partial charge on any atom is -0.299 e. The van der Waals surface area contributed by atoms with Crippen LogP contribution in [0.4, 0.5) is 4.39 Å². The summed E-state index contributed by atoms with van der Waals surface area (Å²) in [6.07, 6.45) is 2.25. The van der Waals surface area contributed by atoms with Crippen molar-refractivity contribution >= 4 is 17.4 Å². The summed E-state index contributed by atoms with van der Waals surface area (Å²) in [5.41, 5.74) is 0.813. The van der Waals surface area contributed by atoms with Gasteiger partial charge in [-0.25, -0.2) is 4.39 Å². The Kier molecular flexibility index (Phi) is 3.29. The van der Waals surface area contributed by atoms with Crippen LogP contribution >= 0.6 is 11.6 Å². The van der Waals surface area contributed by atoms with Crippen molar-refractivity contribution in [2.75, 3.05) is 0 Å². The normalized spacial score (nSPS) is 25.1. The maximum absolute atomic E-state index is 13.1. The standard InChI is InChI=1S/C13H14ClFO/c1-8-9(2-5-13(8)16)6-10-7-11(15)3-4-12(10)14/h3-4,7-9H,2,5-6H2,1H3. The van der Waals surface area contributed by atoms with Crippen molar-refractivity contribution in [2.45, 2.75) is 26.2 Å². The lowest BCUT2D eigenvalue weighted by Crippen LogP contribution is -2.13. The molecule has 0 aliphatic heterocycles. The van der Waals surface area contributed by atoms with Crippen LogP contribution in [0.1, 0.15) is 25.3 Å². The van der Waals surface area contributed by atoms with Gasteiger partial charge in [-0.1, -0.05) is 18.5 Å². The number of carbonyl (C=O) groups is 1. The number of ketones is 1. The van der Waals surface area contributed by atoms with E-state index in [9.17, 15) is 9.18 Å². The number of hydrogen-bond donors (Lipinski definition) is 0. The molecule has 1 aromatic rings. The van der Waals surface area contributed by atoms with Gasteiger partial charge in [0.1, 0.15) is 11.6 Å². The van der Waals surface area contributed by atoms with Gasteiger partial charge >= 0.3 is 0 Å². The summed E-state index contributed by atoms with van der Waals surface area (Å²) in [4.78, 5) is 11.4. The van der Waals surface area contributed by atoms with Crippen molar-refractivity contribution in [3.8, 4) is 0 Å². The summed E-state index contributed by atoms with van der Waals surface area (Å²) in [6.45, 7) is 1.95. The first kappa shape index (κ1) is 11.6. The van der Waals surface area contributed by atoms with Crippen molar-refractivity contribution in [1.29, 1.82) is 0 Å². The highest BCUT2D eigenvalue weighted by Gasteiger charge is 2.31. The zero-order valence-corrected chi connectivity index (χ0v) is 9.93. The van der Waals surface area contributed by atoms with Crippen molar-refractivity contribution in [3.63, 3.8) is 0 Å². The van der Waals surface area contributed by atoms with Gasteiger partial charge in [-0.3, -0.25) is 4.79 Å². The third-order valence-electron chi connectivity index (χ3n) is 3.47. The lowest BCUT2D eigenvalue weighted by molar-refractivity contribution is -0.120. The Bertz CT molecular complexity index is 416. The molecular weight excluding hydrogens is 227 g/mol. The first-order valence-electron chi connectivity index (χ1n) is 5.54. The molecule has 1 saturated carbocycles.